The molecule has 0 spiro atoms. The summed E-state index contributed by atoms with van der Waals surface area (Å²) in [7, 11) is 3.22. The molecule has 0 fully saturated rings. The van der Waals surface area contributed by atoms with E-state index in [9.17, 15) is 4.79 Å². The SMILES string of the molecule is COc1ccc(C(=O)c2oc3ccccc3c2-c2cccc(OC)c2)cc1. The number of carbonyl (C=O) groups is 1. The quantitative estimate of drug-likeness (QED) is 0.451. The summed E-state index contributed by atoms with van der Waals surface area (Å²) >= 11 is 0. The van der Waals surface area contributed by atoms with E-state index in [1.54, 1.807) is 38.5 Å². The molecule has 27 heavy (non-hydrogen) atoms. The average molecular weight is 358 g/mol. The highest BCUT2D eigenvalue weighted by Crippen LogP contribution is 2.37. The summed E-state index contributed by atoms with van der Waals surface area (Å²) in [6.45, 7) is 0. The van der Waals surface area contributed by atoms with Crippen molar-refractivity contribution in [2.75, 3.05) is 14.2 Å². The minimum absolute atomic E-state index is 0.174. The van der Waals surface area contributed by atoms with E-state index < -0.39 is 0 Å². The molecule has 4 nitrogen and oxygen atoms in total. The molecule has 0 radical (unpaired) electrons. The number of hydrogen-bond acceptors (Lipinski definition) is 4. The van der Waals surface area contributed by atoms with Gasteiger partial charge in [-0.1, -0.05) is 30.3 Å². The number of benzene rings is 3. The third kappa shape index (κ3) is 3.06. The molecule has 4 heteroatoms. The lowest BCUT2D eigenvalue weighted by molar-refractivity contribution is 0.101. The summed E-state index contributed by atoms with van der Waals surface area (Å²) < 4.78 is 16.5. The fourth-order valence-electron chi connectivity index (χ4n) is 3.14. The largest absolute Gasteiger partial charge is 0.497 e. The Labute approximate surface area is 157 Å². The second kappa shape index (κ2) is 7.00. The van der Waals surface area contributed by atoms with Gasteiger partial charge in [-0.05, 0) is 48.0 Å². The second-order valence-corrected chi connectivity index (χ2v) is 6.09. The van der Waals surface area contributed by atoms with Crippen molar-refractivity contribution in [3.63, 3.8) is 0 Å². The molecule has 4 rings (SSSR count). The number of furan rings is 1. The van der Waals surface area contributed by atoms with Gasteiger partial charge in [-0.2, -0.15) is 0 Å². The zero-order chi connectivity index (χ0) is 18.8. The van der Waals surface area contributed by atoms with Gasteiger partial charge in [-0.15, -0.1) is 0 Å². The van der Waals surface area contributed by atoms with Crippen LogP contribution in [0.25, 0.3) is 22.1 Å². The van der Waals surface area contributed by atoms with Crippen LogP contribution in [0.5, 0.6) is 11.5 Å². The Balaban J connectivity index is 1.90. The van der Waals surface area contributed by atoms with Crippen molar-refractivity contribution in [3.8, 4) is 22.6 Å². The molecule has 0 saturated carbocycles. The van der Waals surface area contributed by atoms with Gasteiger partial charge in [0.2, 0.25) is 5.78 Å². The Hall–Kier alpha value is -3.53. The van der Waals surface area contributed by atoms with Gasteiger partial charge < -0.3 is 13.9 Å². The molecule has 0 bridgehead atoms. The van der Waals surface area contributed by atoms with E-state index in [-0.39, 0.29) is 5.78 Å². The molecule has 0 aliphatic carbocycles. The highest BCUT2D eigenvalue weighted by atomic mass is 16.5. The van der Waals surface area contributed by atoms with Crippen LogP contribution in [-0.4, -0.2) is 20.0 Å². The molecule has 1 heterocycles. The molecule has 1 aromatic heterocycles. The highest BCUT2D eigenvalue weighted by molar-refractivity contribution is 6.15. The first-order valence-electron chi connectivity index (χ1n) is 8.56. The topological polar surface area (TPSA) is 48.7 Å². The van der Waals surface area contributed by atoms with Gasteiger partial charge in [0.05, 0.1) is 14.2 Å². The van der Waals surface area contributed by atoms with E-state index >= 15 is 0 Å². The summed E-state index contributed by atoms with van der Waals surface area (Å²) in [4.78, 5) is 13.2. The van der Waals surface area contributed by atoms with Crippen molar-refractivity contribution in [3.05, 3.63) is 84.1 Å². The van der Waals surface area contributed by atoms with Crippen LogP contribution in [-0.2, 0) is 0 Å². The average Bonchev–Trinajstić information content (AvgIpc) is 3.13. The summed E-state index contributed by atoms with van der Waals surface area (Å²) in [5.41, 5.74) is 2.85. The van der Waals surface area contributed by atoms with Gasteiger partial charge >= 0.3 is 0 Å². The van der Waals surface area contributed by atoms with Crippen molar-refractivity contribution < 1.29 is 18.7 Å². The standard InChI is InChI=1S/C23H18O4/c1-25-17-12-10-15(11-13-17)22(24)23-21(16-6-5-7-18(14-16)26-2)19-8-3-4-9-20(19)27-23/h3-14H,1-2H3. The molecule has 0 N–H and O–H groups in total. The van der Waals surface area contributed by atoms with Crippen LogP contribution >= 0.6 is 0 Å². The second-order valence-electron chi connectivity index (χ2n) is 6.09. The number of ether oxygens (including phenoxy) is 2. The maximum atomic E-state index is 13.2. The van der Waals surface area contributed by atoms with Crippen LogP contribution in [0.4, 0.5) is 0 Å². The molecule has 3 aromatic carbocycles. The van der Waals surface area contributed by atoms with E-state index in [0.29, 0.717) is 22.7 Å². The lowest BCUT2D eigenvalue weighted by Crippen LogP contribution is -2.01. The number of rotatable bonds is 5. The van der Waals surface area contributed by atoms with Crippen LogP contribution in [0.2, 0.25) is 0 Å². The van der Waals surface area contributed by atoms with Crippen LogP contribution in [0.3, 0.4) is 0 Å². The number of fused-ring (bicyclic) bond motifs is 1. The van der Waals surface area contributed by atoms with Gasteiger partial charge in [-0.25, -0.2) is 0 Å². The first-order chi connectivity index (χ1) is 13.2. The van der Waals surface area contributed by atoms with Crippen LogP contribution in [0.15, 0.2) is 77.2 Å². The van der Waals surface area contributed by atoms with Crippen molar-refractivity contribution in [1.29, 1.82) is 0 Å². The number of para-hydroxylation sites is 1. The van der Waals surface area contributed by atoms with Gasteiger partial charge in [0.15, 0.2) is 5.76 Å². The number of hydrogen-bond donors (Lipinski definition) is 0. The predicted molar refractivity (Wildman–Crippen MR) is 105 cm³/mol. The molecule has 0 aliphatic rings. The number of ketones is 1. The molecule has 0 saturated heterocycles. The zero-order valence-electron chi connectivity index (χ0n) is 15.1. The highest BCUT2D eigenvalue weighted by Gasteiger charge is 2.23. The van der Waals surface area contributed by atoms with Gasteiger partial charge in [0.25, 0.3) is 0 Å². The lowest BCUT2D eigenvalue weighted by atomic mass is 9.98. The van der Waals surface area contributed by atoms with Gasteiger partial charge in [0, 0.05) is 16.5 Å². The minimum atomic E-state index is -0.174. The molecule has 134 valence electrons. The van der Waals surface area contributed by atoms with Crippen LogP contribution in [0.1, 0.15) is 16.1 Å². The first-order valence-corrected chi connectivity index (χ1v) is 8.56. The third-order valence-corrected chi connectivity index (χ3v) is 4.51. The molecule has 4 aromatic rings. The van der Waals surface area contributed by atoms with E-state index in [1.165, 1.54) is 0 Å². The fraction of sp³-hybridized carbons (Fsp3) is 0.0870. The Bertz CT molecular complexity index is 1110. The van der Waals surface area contributed by atoms with E-state index in [1.807, 2.05) is 48.5 Å². The van der Waals surface area contributed by atoms with Crippen molar-refractivity contribution >= 4 is 16.8 Å². The molecule has 0 atom stereocenters. The molecule has 0 aliphatic heterocycles. The molecule has 0 unspecified atom stereocenters. The Kier molecular flexibility index (Phi) is 4.38. The van der Waals surface area contributed by atoms with Crippen molar-refractivity contribution in [2.24, 2.45) is 0 Å². The van der Waals surface area contributed by atoms with E-state index in [0.717, 1.165) is 22.3 Å². The Morgan fingerprint density at radius 1 is 0.815 bits per heavy atom. The lowest BCUT2D eigenvalue weighted by Gasteiger charge is -2.06. The van der Waals surface area contributed by atoms with Gasteiger partial charge in [-0.3, -0.25) is 4.79 Å². The van der Waals surface area contributed by atoms with Crippen LogP contribution < -0.4 is 9.47 Å². The summed E-state index contributed by atoms with van der Waals surface area (Å²) in [6.07, 6.45) is 0. The smallest absolute Gasteiger partial charge is 0.228 e. The third-order valence-electron chi connectivity index (χ3n) is 4.51. The number of methoxy groups -OCH3 is 2. The summed E-state index contributed by atoms with van der Waals surface area (Å²) in [5.74, 6) is 1.56. The summed E-state index contributed by atoms with van der Waals surface area (Å²) in [6, 6.07) is 22.3. The monoisotopic (exact) mass is 358 g/mol. The van der Waals surface area contributed by atoms with Crippen molar-refractivity contribution in [2.45, 2.75) is 0 Å². The van der Waals surface area contributed by atoms with Gasteiger partial charge in [0.1, 0.15) is 17.1 Å². The van der Waals surface area contributed by atoms with E-state index in [4.69, 9.17) is 13.9 Å². The zero-order valence-corrected chi connectivity index (χ0v) is 15.1. The molecular weight excluding hydrogens is 340 g/mol. The molecule has 0 amide bonds. The van der Waals surface area contributed by atoms with E-state index in [2.05, 4.69) is 0 Å². The Morgan fingerprint density at radius 3 is 2.30 bits per heavy atom. The number of carbonyl (C=O) groups excluding carboxylic acids is 1. The maximum Gasteiger partial charge on any atom is 0.228 e. The van der Waals surface area contributed by atoms with Crippen LogP contribution in [0, 0.1) is 0 Å². The minimum Gasteiger partial charge on any atom is -0.497 e. The maximum absolute atomic E-state index is 13.2. The predicted octanol–water partition coefficient (Wildman–Crippen LogP) is 5.35. The summed E-state index contributed by atoms with van der Waals surface area (Å²) in [5, 5.41) is 0.891. The fourth-order valence-corrected chi connectivity index (χ4v) is 3.14. The molecular formula is C23H18O4. The normalized spacial score (nSPS) is 10.7. The first kappa shape index (κ1) is 16.9. The van der Waals surface area contributed by atoms with Crippen molar-refractivity contribution in [1.82, 2.24) is 0 Å². The Morgan fingerprint density at radius 2 is 1.56 bits per heavy atom.